The summed E-state index contributed by atoms with van der Waals surface area (Å²) in [4.78, 5) is 4.77. The van der Waals surface area contributed by atoms with E-state index in [1.54, 1.807) is 0 Å². The van der Waals surface area contributed by atoms with Crippen LogP contribution in [-0.4, -0.2) is 45.5 Å². The molecule has 3 rings (SSSR count). The van der Waals surface area contributed by atoms with Gasteiger partial charge < -0.3 is 24.8 Å². The Morgan fingerprint density at radius 1 is 1.00 bits per heavy atom. The molecule has 2 aromatic rings. The summed E-state index contributed by atoms with van der Waals surface area (Å²) in [5.41, 5.74) is 3.54. The monoisotopic (exact) mass is 439 g/mol. The Labute approximate surface area is 192 Å². The lowest BCUT2D eigenvalue weighted by atomic mass is 10.1. The maximum Gasteiger partial charge on any atom is 0.191 e. The lowest BCUT2D eigenvalue weighted by Crippen LogP contribution is -2.38. The van der Waals surface area contributed by atoms with Crippen LogP contribution in [0.15, 0.2) is 59.6 Å². The SMILES string of the molecule is CCNC(=NCc1ccccc1COCc1ccccc1)NCCCOCC1CCOC1. The van der Waals surface area contributed by atoms with E-state index >= 15 is 0 Å². The molecule has 6 nitrogen and oxygen atoms in total. The average Bonchev–Trinajstić information content (AvgIpc) is 3.35. The van der Waals surface area contributed by atoms with Crippen molar-refractivity contribution in [2.75, 3.05) is 39.5 Å². The molecule has 0 amide bonds. The zero-order valence-electron chi connectivity index (χ0n) is 19.2. The molecule has 1 fully saturated rings. The molecule has 2 aromatic carbocycles. The van der Waals surface area contributed by atoms with Crippen molar-refractivity contribution in [1.29, 1.82) is 0 Å². The van der Waals surface area contributed by atoms with Crippen molar-refractivity contribution in [2.45, 2.75) is 39.5 Å². The molecule has 1 aliphatic heterocycles. The van der Waals surface area contributed by atoms with Gasteiger partial charge in [-0.1, -0.05) is 54.6 Å². The molecule has 0 radical (unpaired) electrons. The molecule has 1 saturated heterocycles. The van der Waals surface area contributed by atoms with Gasteiger partial charge in [0.25, 0.3) is 0 Å². The van der Waals surface area contributed by atoms with Crippen LogP contribution in [0.25, 0.3) is 0 Å². The summed E-state index contributed by atoms with van der Waals surface area (Å²) in [6.45, 7) is 8.80. The van der Waals surface area contributed by atoms with Gasteiger partial charge in [0.15, 0.2) is 5.96 Å². The Kier molecular flexibility index (Phi) is 11.1. The minimum Gasteiger partial charge on any atom is -0.381 e. The quantitative estimate of drug-likeness (QED) is 0.282. The summed E-state index contributed by atoms with van der Waals surface area (Å²) >= 11 is 0. The zero-order chi connectivity index (χ0) is 22.3. The second kappa shape index (κ2) is 14.6. The zero-order valence-corrected chi connectivity index (χ0v) is 19.2. The Hall–Kier alpha value is -2.41. The number of hydrogen-bond acceptors (Lipinski definition) is 4. The van der Waals surface area contributed by atoms with Gasteiger partial charge in [-0.25, -0.2) is 4.99 Å². The Balaban J connectivity index is 1.41. The highest BCUT2D eigenvalue weighted by Gasteiger charge is 2.15. The molecular weight excluding hydrogens is 402 g/mol. The first-order chi connectivity index (χ1) is 15.8. The molecule has 1 aliphatic rings. The number of rotatable bonds is 13. The van der Waals surface area contributed by atoms with E-state index in [2.05, 4.69) is 54.0 Å². The largest absolute Gasteiger partial charge is 0.381 e. The Bertz CT molecular complexity index is 792. The topological polar surface area (TPSA) is 64.1 Å². The second-order valence-electron chi connectivity index (χ2n) is 8.03. The van der Waals surface area contributed by atoms with Gasteiger partial charge in [0, 0.05) is 32.2 Å². The summed E-state index contributed by atoms with van der Waals surface area (Å²) in [6, 6.07) is 18.6. The van der Waals surface area contributed by atoms with E-state index in [4.69, 9.17) is 19.2 Å². The number of ether oxygens (including phenoxy) is 3. The maximum atomic E-state index is 5.94. The number of aliphatic imine (C=N–C) groups is 1. The second-order valence-corrected chi connectivity index (χ2v) is 8.03. The summed E-state index contributed by atoms with van der Waals surface area (Å²) in [7, 11) is 0. The standard InChI is InChI=1S/C26H37N3O3/c1-2-27-26(28-14-8-15-30-19-23-13-16-31-20-23)29-17-24-11-6-7-12-25(24)21-32-18-22-9-4-3-5-10-22/h3-7,9-12,23H,2,8,13-21H2,1H3,(H2,27,28,29). The predicted octanol–water partition coefficient (Wildman–Crippen LogP) is 3.90. The van der Waals surface area contributed by atoms with Crippen molar-refractivity contribution in [2.24, 2.45) is 10.9 Å². The molecule has 32 heavy (non-hydrogen) atoms. The van der Waals surface area contributed by atoms with Gasteiger partial charge in [-0.15, -0.1) is 0 Å². The van der Waals surface area contributed by atoms with Gasteiger partial charge >= 0.3 is 0 Å². The lowest BCUT2D eigenvalue weighted by molar-refractivity contribution is 0.0888. The molecule has 2 N–H and O–H groups in total. The molecule has 1 heterocycles. The third-order valence-corrected chi connectivity index (χ3v) is 5.37. The van der Waals surface area contributed by atoms with Gasteiger partial charge in [0.05, 0.1) is 33.0 Å². The molecule has 0 aromatic heterocycles. The third kappa shape index (κ3) is 8.99. The first kappa shape index (κ1) is 24.2. The van der Waals surface area contributed by atoms with Crippen LogP contribution in [-0.2, 0) is 34.0 Å². The third-order valence-electron chi connectivity index (χ3n) is 5.37. The lowest BCUT2D eigenvalue weighted by Gasteiger charge is -2.13. The number of guanidine groups is 1. The van der Waals surface area contributed by atoms with E-state index in [9.17, 15) is 0 Å². The number of benzene rings is 2. The first-order valence-electron chi connectivity index (χ1n) is 11.7. The molecule has 0 saturated carbocycles. The van der Waals surface area contributed by atoms with Gasteiger partial charge in [-0.2, -0.15) is 0 Å². The maximum absolute atomic E-state index is 5.94. The van der Waals surface area contributed by atoms with Gasteiger partial charge in [-0.05, 0) is 36.5 Å². The van der Waals surface area contributed by atoms with Crippen LogP contribution in [0.2, 0.25) is 0 Å². The van der Waals surface area contributed by atoms with Crippen molar-refractivity contribution in [3.8, 4) is 0 Å². The van der Waals surface area contributed by atoms with Crippen molar-refractivity contribution < 1.29 is 14.2 Å². The molecule has 174 valence electrons. The predicted molar refractivity (Wildman–Crippen MR) is 129 cm³/mol. The molecule has 0 bridgehead atoms. The minimum atomic E-state index is 0.568. The van der Waals surface area contributed by atoms with Gasteiger partial charge in [0.1, 0.15) is 0 Å². The van der Waals surface area contributed by atoms with Gasteiger partial charge in [0.2, 0.25) is 0 Å². The fourth-order valence-corrected chi connectivity index (χ4v) is 3.56. The van der Waals surface area contributed by atoms with E-state index in [1.165, 1.54) is 16.7 Å². The van der Waals surface area contributed by atoms with Crippen LogP contribution in [0.3, 0.4) is 0 Å². The van der Waals surface area contributed by atoms with Crippen LogP contribution in [0.5, 0.6) is 0 Å². The van der Waals surface area contributed by atoms with E-state index in [0.717, 1.165) is 58.3 Å². The number of hydrogen-bond donors (Lipinski definition) is 2. The van der Waals surface area contributed by atoms with Crippen LogP contribution in [0, 0.1) is 5.92 Å². The highest BCUT2D eigenvalue weighted by Crippen LogP contribution is 2.13. The molecular formula is C26H37N3O3. The highest BCUT2D eigenvalue weighted by molar-refractivity contribution is 5.79. The normalized spacial score (nSPS) is 16.3. The number of nitrogens with zero attached hydrogens (tertiary/aromatic N) is 1. The molecule has 6 heteroatoms. The molecule has 0 aliphatic carbocycles. The summed E-state index contributed by atoms with van der Waals surface area (Å²) in [6.07, 6.45) is 2.07. The Morgan fingerprint density at radius 2 is 1.81 bits per heavy atom. The molecule has 1 atom stereocenters. The fraction of sp³-hybridized carbons (Fsp3) is 0.500. The van der Waals surface area contributed by atoms with Crippen LogP contribution >= 0.6 is 0 Å². The van der Waals surface area contributed by atoms with E-state index in [1.807, 2.05) is 18.2 Å². The van der Waals surface area contributed by atoms with Crippen LogP contribution < -0.4 is 10.6 Å². The van der Waals surface area contributed by atoms with Crippen molar-refractivity contribution in [1.82, 2.24) is 10.6 Å². The summed E-state index contributed by atoms with van der Waals surface area (Å²) < 4.78 is 17.1. The van der Waals surface area contributed by atoms with E-state index in [0.29, 0.717) is 25.7 Å². The summed E-state index contributed by atoms with van der Waals surface area (Å²) in [5, 5.41) is 6.73. The van der Waals surface area contributed by atoms with Crippen LogP contribution in [0.1, 0.15) is 36.5 Å². The molecule has 0 spiro atoms. The first-order valence-corrected chi connectivity index (χ1v) is 11.7. The summed E-state index contributed by atoms with van der Waals surface area (Å²) in [5.74, 6) is 1.40. The number of nitrogens with one attached hydrogen (secondary N) is 2. The minimum absolute atomic E-state index is 0.568. The highest BCUT2D eigenvalue weighted by atomic mass is 16.5. The van der Waals surface area contributed by atoms with Crippen LogP contribution in [0.4, 0.5) is 0 Å². The fourth-order valence-electron chi connectivity index (χ4n) is 3.56. The van der Waals surface area contributed by atoms with E-state index in [-0.39, 0.29) is 0 Å². The van der Waals surface area contributed by atoms with Gasteiger partial charge in [-0.3, -0.25) is 0 Å². The smallest absolute Gasteiger partial charge is 0.191 e. The Morgan fingerprint density at radius 3 is 2.59 bits per heavy atom. The van der Waals surface area contributed by atoms with Crippen molar-refractivity contribution >= 4 is 5.96 Å². The molecule has 1 unspecified atom stereocenters. The van der Waals surface area contributed by atoms with E-state index < -0.39 is 0 Å². The van der Waals surface area contributed by atoms with Crippen molar-refractivity contribution in [3.05, 3.63) is 71.3 Å². The van der Waals surface area contributed by atoms with Crippen molar-refractivity contribution in [3.63, 3.8) is 0 Å². The average molecular weight is 440 g/mol.